The first-order valence-corrected chi connectivity index (χ1v) is 9.20. The fourth-order valence-corrected chi connectivity index (χ4v) is 3.62. The van der Waals surface area contributed by atoms with Crippen LogP contribution in [0.5, 0.6) is 0 Å². The lowest BCUT2D eigenvalue weighted by Gasteiger charge is -2.18. The van der Waals surface area contributed by atoms with Crippen LogP contribution in [0, 0.1) is 5.82 Å². The summed E-state index contributed by atoms with van der Waals surface area (Å²) < 4.78 is 16.8. The van der Waals surface area contributed by atoms with E-state index in [4.69, 9.17) is 0 Å². The van der Waals surface area contributed by atoms with E-state index in [1.54, 1.807) is 40.5 Å². The van der Waals surface area contributed by atoms with E-state index in [1.807, 2.05) is 28.9 Å². The summed E-state index contributed by atoms with van der Waals surface area (Å²) in [6, 6.07) is 13.8. The number of hydrogen-bond donors (Lipinski definition) is 0. The number of para-hydroxylation sites is 1. The number of benzene rings is 2. The quantitative estimate of drug-likeness (QED) is 0.539. The van der Waals surface area contributed by atoms with Crippen LogP contribution in [0.15, 0.2) is 67.4 Å². The number of rotatable bonds is 4. The van der Waals surface area contributed by atoms with Gasteiger partial charge in [-0.05, 0) is 29.8 Å². The Bertz CT molecular complexity index is 1170. The number of fused-ring (bicyclic) bond motifs is 1. The van der Waals surface area contributed by atoms with Crippen LogP contribution < -0.4 is 0 Å². The molecular weight excluding hydrogens is 371 g/mol. The Kier molecular flexibility index (Phi) is 4.16. The number of hydrogen-bond acceptors (Lipinski definition) is 4. The summed E-state index contributed by atoms with van der Waals surface area (Å²) in [5.74, 6) is -0.318. The van der Waals surface area contributed by atoms with Gasteiger partial charge in [0.25, 0.3) is 5.91 Å². The molecule has 1 amide bonds. The molecule has 0 spiro atoms. The molecule has 1 aliphatic rings. The molecule has 0 bridgehead atoms. The van der Waals surface area contributed by atoms with Gasteiger partial charge in [0, 0.05) is 12.1 Å². The topological polar surface area (TPSA) is 68.8 Å². The van der Waals surface area contributed by atoms with Crippen molar-refractivity contribution in [1.29, 1.82) is 0 Å². The number of halogens is 1. The molecule has 0 N–H and O–H groups in total. The molecule has 0 saturated carbocycles. The fraction of sp³-hybridized carbons (Fsp3) is 0.143. The first-order valence-electron chi connectivity index (χ1n) is 9.20. The van der Waals surface area contributed by atoms with E-state index < -0.39 is 0 Å². The number of carbonyl (C=O) groups is 1. The number of carbonyl (C=O) groups excluding carboxylic acids is 1. The van der Waals surface area contributed by atoms with E-state index in [2.05, 4.69) is 15.3 Å². The van der Waals surface area contributed by atoms with Gasteiger partial charge < -0.3 is 4.90 Å². The predicted octanol–water partition coefficient (Wildman–Crippen LogP) is 2.81. The van der Waals surface area contributed by atoms with Crippen LogP contribution in [0.1, 0.15) is 27.2 Å². The minimum atomic E-state index is -0.261. The van der Waals surface area contributed by atoms with Crippen molar-refractivity contribution >= 4 is 5.91 Å². The van der Waals surface area contributed by atoms with Crippen LogP contribution in [0.3, 0.4) is 0 Å². The molecule has 0 fully saturated rings. The van der Waals surface area contributed by atoms with Crippen molar-refractivity contribution in [2.75, 3.05) is 0 Å². The van der Waals surface area contributed by atoms with Crippen LogP contribution in [0.2, 0.25) is 0 Å². The van der Waals surface area contributed by atoms with E-state index in [1.165, 1.54) is 12.1 Å². The monoisotopic (exact) mass is 388 g/mol. The first kappa shape index (κ1) is 17.3. The van der Waals surface area contributed by atoms with Gasteiger partial charge in [-0.2, -0.15) is 5.10 Å². The molecule has 144 valence electrons. The van der Waals surface area contributed by atoms with Gasteiger partial charge in [0.05, 0.1) is 36.2 Å². The summed E-state index contributed by atoms with van der Waals surface area (Å²) in [5.41, 5.74) is 4.33. The Labute approximate surface area is 166 Å². The van der Waals surface area contributed by atoms with Gasteiger partial charge in [-0.25, -0.2) is 4.39 Å². The van der Waals surface area contributed by atoms with Crippen molar-refractivity contribution < 1.29 is 9.18 Å². The van der Waals surface area contributed by atoms with E-state index >= 15 is 0 Å². The lowest BCUT2D eigenvalue weighted by Crippen LogP contribution is -2.27. The van der Waals surface area contributed by atoms with Gasteiger partial charge in [0.15, 0.2) is 0 Å². The molecule has 8 heteroatoms. The largest absolute Gasteiger partial charge is 0.328 e. The first-order chi connectivity index (χ1) is 14.2. The summed E-state index contributed by atoms with van der Waals surface area (Å²) in [5, 5.41) is 12.1. The van der Waals surface area contributed by atoms with Crippen LogP contribution in [0.4, 0.5) is 4.39 Å². The lowest BCUT2D eigenvalue weighted by atomic mass is 10.1. The normalized spacial score (nSPS) is 12.9. The molecule has 7 nitrogen and oxygen atoms in total. The molecule has 0 radical (unpaired) electrons. The smallest absolute Gasteiger partial charge is 0.256 e. The Morgan fingerprint density at radius 1 is 1.00 bits per heavy atom. The van der Waals surface area contributed by atoms with Gasteiger partial charge in [-0.3, -0.25) is 14.0 Å². The molecule has 0 atom stereocenters. The summed E-state index contributed by atoms with van der Waals surface area (Å²) in [6.07, 6.45) is 4.95. The molecule has 0 aliphatic carbocycles. The number of amides is 1. The Morgan fingerprint density at radius 2 is 1.76 bits per heavy atom. The number of nitrogens with zero attached hydrogens (tertiary/aromatic N) is 6. The molecule has 3 heterocycles. The highest BCUT2D eigenvalue weighted by molar-refractivity contribution is 5.98. The van der Waals surface area contributed by atoms with Crippen molar-refractivity contribution in [2.45, 2.75) is 19.6 Å². The molecule has 5 rings (SSSR count). The zero-order chi connectivity index (χ0) is 19.8. The molecule has 0 unspecified atom stereocenters. The van der Waals surface area contributed by atoms with E-state index in [0.29, 0.717) is 25.2 Å². The lowest BCUT2D eigenvalue weighted by molar-refractivity contribution is 0.0748. The molecule has 4 aromatic rings. The SMILES string of the molecule is O=C(c1ccccc1-n1cnnc1)N1Cc2cnn(Cc3ccc(F)cc3)c2C1. The molecule has 1 aliphatic heterocycles. The van der Waals surface area contributed by atoms with Crippen molar-refractivity contribution in [2.24, 2.45) is 0 Å². The molecule has 2 aromatic heterocycles. The second-order valence-corrected chi connectivity index (χ2v) is 6.95. The van der Waals surface area contributed by atoms with Gasteiger partial charge in [0.1, 0.15) is 18.5 Å². The Hall–Kier alpha value is -3.81. The van der Waals surface area contributed by atoms with Gasteiger partial charge in [0.2, 0.25) is 0 Å². The third kappa shape index (κ3) is 3.18. The van der Waals surface area contributed by atoms with Crippen LogP contribution >= 0.6 is 0 Å². The molecule has 2 aromatic carbocycles. The maximum absolute atomic E-state index is 13.2. The Morgan fingerprint density at radius 3 is 2.55 bits per heavy atom. The highest BCUT2D eigenvalue weighted by Gasteiger charge is 2.29. The fourth-order valence-electron chi connectivity index (χ4n) is 3.62. The van der Waals surface area contributed by atoms with Crippen LogP contribution in [-0.2, 0) is 19.6 Å². The average molecular weight is 388 g/mol. The summed E-state index contributed by atoms with van der Waals surface area (Å²) >= 11 is 0. The van der Waals surface area contributed by atoms with Gasteiger partial charge >= 0.3 is 0 Å². The summed E-state index contributed by atoms with van der Waals surface area (Å²) in [6.45, 7) is 1.52. The van der Waals surface area contributed by atoms with Gasteiger partial charge in [-0.1, -0.05) is 24.3 Å². The minimum absolute atomic E-state index is 0.0566. The van der Waals surface area contributed by atoms with Crippen molar-refractivity contribution in [1.82, 2.24) is 29.4 Å². The standard InChI is InChI=1S/C21H17FN6O/c22-17-7-5-15(6-8-17)10-28-20-12-26(11-16(20)9-25-28)21(29)18-3-1-2-4-19(18)27-13-23-24-14-27/h1-9,13-14H,10-12H2. The number of aromatic nitrogens is 5. The zero-order valence-electron chi connectivity index (χ0n) is 15.4. The van der Waals surface area contributed by atoms with Crippen molar-refractivity contribution in [3.8, 4) is 5.69 Å². The molecule has 0 saturated heterocycles. The van der Waals surface area contributed by atoms with E-state index in [9.17, 15) is 9.18 Å². The summed E-state index contributed by atoms with van der Waals surface area (Å²) in [4.78, 5) is 15.0. The minimum Gasteiger partial charge on any atom is -0.328 e. The second kappa shape index (κ2) is 6.97. The maximum atomic E-state index is 13.2. The van der Waals surface area contributed by atoms with Crippen molar-refractivity contribution in [3.63, 3.8) is 0 Å². The van der Waals surface area contributed by atoms with Gasteiger partial charge in [-0.15, -0.1) is 10.2 Å². The summed E-state index contributed by atoms with van der Waals surface area (Å²) in [7, 11) is 0. The third-order valence-electron chi connectivity index (χ3n) is 5.10. The van der Waals surface area contributed by atoms with Crippen LogP contribution in [0.25, 0.3) is 5.69 Å². The highest BCUT2D eigenvalue weighted by Crippen LogP contribution is 2.26. The molecule has 29 heavy (non-hydrogen) atoms. The van der Waals surface area contributed by atoms with Crippen molar-refractivity contribution in [3.05, 3.63) is 95.6 Å². The molecular formula is C21H17FN6O. The average Bonchev–Trinajstić information content (AvgIpc) is 3.48. The predicted molar refractivity (Wildman–Crippen MR) is 103 cm³/mol. The third-order valence-corrected chi connectivity index (χ3v) is 5.10. The van der Waals surface area contributed by atoms with E-state index in [-0.39, 0.29) is 11.7 Å². The second-order valence-electron chi connectivity index (χ2n) is 6.95. The maximum Gasteiger partial charge on any atom is 0.256 e. The van der Waals surface area contributed by atoms with Crippen LogP contribution in [-0.4, -0.2) is 35.4 Å². The van der Waals surface area contributed by atoms with E-state index in [0.717, 1.165) is 22.5 Å². The zero-order valence-corrected chi connectivity index (χ0v) is 15.4. The Balaban J connectivity index is 1.38. The highest BCUT2D eigenvalue weighted by atomic mass is 19.1.